The minimum atomic E-state index is -0.578. The Morgan fingerprint density at radius 1 is 1.56 bits per heavy atom. The molecule has 0 unspecified atom stereocenters. The molecule has 1 aliphatic carbocycles. The predicted molar refractivity (Wildman–Crippen MR) is 57.7 cm³/mol. The fourth-order valence-corrected chi connectivity index (χ4v) is 1.43. The van der Waals surface area contributed by atoms with Crippen molar-refractivity contribution < 1.29 is 14.5 Å². The molecule has 0 spiro atoms. The Kier molecular flexibility index (Phi) is 3.72. The largest absolute Gasteiger partial charge is 0.444 e. The molecule has 0 bridgehead atoms. The number of ether oxygens (including phenoxy) is 1. The van der Waals surface area contributed by atoms with Gasteiger partial charge in [-0.2, -0.15) is 0 Å². The summed E-state index contributed by atoms with van der Waals surface area (Å²) in [5.41, 5.74) is -0.577. The molecule has 1 rings (SSSR count). The van der Waals surface area contributed by atoms with Gasteiger partial charge in [0, 0.05) is 4.92 Å². The van der Waals surface area contributed by atoms with Crippen molar-refractivity contribution in [2.45, 2.75) is 45.3 Å². The Bertz CT molecular complexity index is 281. The van der Waals surface area contributed by atoms with Crippen molar-refractivity contribution in [1.29, 1.82) is 0 Å². The first-order valence-electron chi connectivity index (χ1n) is 5.39. The molecule has 1 N–H and O–H groups in total. The zero-order chi connectivity index (χ0) is 12.3. The number of carbonyl (C=O) groups is 1. The van der Waals surface area contributed by atoms with Crippen LogP contribution in [-0.2, 0) is 4.74 Å². The van der Waals surface area contributed by atoms with Gasteiger partial charge in [-0.05, 0) is 39.5 Å². The molecule has 6 nitrogen and oxygen atoms in total. The van der Waals surface area contributed by atoms with Crippen molar-refractivity contribution in [1.82, 2.24) is 5.32 Å². The van der Waals surface area contributed by atoms with Crippen LogP contribution in [-0.4, -0.2) is 29.2 Å². The Hall–Kier alpha value is -1.33. The van der Waals surface area contributed by atoms with Crippen molar-refractivity contribution in [3.05, 3.63) is 10.1 Å². The molecular weight excluding hydrogens is 212 g/mol. The van der Waals surface area contributed by atoms with Gasteiger partial charge in [0.15, 0.2) is 0 Å². The second-order valence-corrected chi connectivity index (χ2v) is 5.11. The van der Waals surface area contributed by atoms with Crippen LogP contribution in [0.1, 0.15) is 33.6 Å². The first kappa shape index (κ1) is 12.7. The van der Waals surface area contributed by atoms with Crippen LogP contribution in [0.2, 0.25) is 0 Å². The fourth-order valence-electron chi connectivity index (χ4n) is 1.43. The molecule has 1 fully saturated rings. The SMILES string of the molecule is CC(C)(C)OC(=O)N[C@@H](C[N+](=O)[O-])C1CC1. The van der Waals surface area contributed by atoms with Gasteiger partial charge in [0.05, 0.1) is 6.04 Å². The number of nitrogens with zero attached hydrogens (tertiary/aromatic N) is 1. The Labute approximate surface area is 94.5 Å². The first-order chi connectivity index (χ1) is 7.28. The van der Waals surface area contributed by atoms with E-state index in [9.17, 15) is 14.9 Å². The van der Waals surface area contributed by atoms with Gasteiger partial charge in [0.2, 0.25) is 6.54 Å². The lowest BCUT2D eigenvalue weighted by Crippen LogP contribution is -2.43. The highest BCUT2D eigenvalue weighted by Crippen LogP contribution is 2.32. The molecule has 0 aromatic rings. The summed E-state index contributed by atoms with van der Waals surface area (Å²) in [4.78, 5) is 21.4. The van der Waals surface area contributed by atoms with Crippen LogP contribution in [0.15, 0.2) is 0 Å². The monoisotopic (exact) mass is 230 g/mol. The normalized spacial score (nSPS) is 17.7. The van der Waals surface area contributed by atoms with Crippen molar-refractivity contribution in [3.8, 4) is 0 Å². The summed E-state index contributed by atoms with van der Waals surface area (Å²) in [6, 6.07) is -0.398. The van der Waals surface area contributed by atoms with Gasteiger partial charge in [-0.15, -0.1) is 0 Å². The van der Waals surface area contributed by atoms with Crippen LogP contribution in [0.4, 0.5) is 4.79 Å². The third-order valence-electron chi connectivity index (χ3n) is 2.24. The highest BCUT2D eigenvalue weighted by molar-refractivity contribution is 5.68. The Morgan fingerprint density at radius 2 is 2.12 bits per heavy atom. The molecular formula is C10H18N2O4. The maximum atomic E-state index is 11.4. The number of rotatable bonds is 4. The van der Waals surface area contributed by atoms with Crippen molar-refractivity contribution in [2.75, 3.05) is 6.54 Å². The number of nitro groups is 1. The summed E-state index contributed by atoms with van der Waals surface area (Å²) in [5, 5.41) is 13.0. The molecule has 0 radical (unpaired) electrons. The number of hydrogen-bond donors (Lipinski definition) is 1. The lowest BCUT2D eigenvalue weighted by atomic mass is 10.2. The van der Waals surface area contributed by atoms with Gasteiger partial charge >= 0.3 is 6.09 Å². The second-order valence-electron chi connectivity index (χ2n) is 5.11. The van der Waals surface area contributed by atoms with Gasteiger partial charge in [0.1, 0.15) is 5.60 Å². The van der Waals surface area contributed by atoms with Crippen LogP contribution in [0.5, 0.6) is 0 Å². The van der Waals surface area contributed by atoms with E-state index in [1.807, 2.05) is 0 Å². The number of carbonyl (C=O) groups excluding carboxylic acids is 1. The molecule has 0 aromatic heterocycles. The van der Waals surface area contributed by atoms with Crippen molar-refractivity contribution in [2.24, 2.45) is 5.92 Å². The quantitative estimate of drug-likeness (QED) is 0.587. The zero-order valence-electron chi connectivity index (χ0n) is 9.86. The highest BCUT2D eigenvalue weighted by atomic mass is 16.6. The third-order valence-corrected chi connectivity index (χ3v) is 2.24. The smallest absolute Gasteiger partial charge is 0.408 e. The van der Waals surface area contributed by atoms with Crippen LogP contribution < -0.4 is 5.32 Å². The molecule has 0 saturated heterocycles. The average Bonchev–Trinajstić information content (AvgIpc) is 2.78. The molecule has 1 atom stereocenters. The van der Waals surface area contributed by atoms with E-state index in [2.05, 4.69) is 5.32 Å². The number of hydrogen-bond acceptors (Lipinski definition) is 4. The van der Waals surface area contributed by atoms with Crippen LogP contribution in [0.3, 0.4) is 0 Å². The predicted octanol–water partition coefficient (Wildman–Crippen LogP) is 1.57. The first-order valence-corrected chi connectivity index (χ1v) is 5.39. The highest BCUT2D eigenvalue weighted by Gasteiger charge is 2.36. The summed E-state index contributed by atoms with van der Waals surface area (Å²) in [6.07, 6.45) is 1.30. The fraction of sp³-hybridized carbons (Fsp3) is 0.900. The van der Waals surface area contributed by atoms with Gasteiger partial charge in [-0.1, -0.05) is 0 Å². The Balaban J connectivity index is 2.42. The summed E-state index contributed by atoms with van der Waals surface area (Å²) in [5.74, 6) is 0.234. The topological polar surface area (TPSA) is 81.5 Å². The van der Waals surface area contributed by atoms with Crippen LogP contribution in [0.25, 0.3) is 0 Å². The molecule has 0 aliphatic heterocycles. The van der Waals surface area contributed by atoms with E-state index in [1.165, 1.54) is 0 Å². The van der Waals surface area contributed by atoms with Gasteiger partial charge in [-0.3, -0.25) is 10.1 Å². The number of nitrogens with one attached hydrogen (secondary N) is 1. The molecule has 6 heteroatoms. The lowest BCUT2D eigenvalue weighted by molar-refractivity contribution is -0.484. The molecule has 1 saturated carbocycles. The summed E-state index contributed by atoms with van der Waals surface area (Å²) < 4.78 is 5.06. The van der Waals surface area contributed by atoms with E-state index >= 15 is 0 Å². The van der Waals surface area contributed by atoms with E-state index in [-0.39, 0.29) is 12.5 Å². The maximum Gasteiger partial charge on any atom is 0.408 e. The van der Waals surface area contributed by atoms with Gasteiger partial charge in [-0.25, -0.2) is 4.79 Å². The molecule has 1 amide bonds. The third kappa shape index (κ3) is 4.95. The van der Waals surface area contributed by atoms with E-state index in [4.69, 9.17) is 4.74 Å². The van der Waals surface area contributed by atoms with E-state index in [1.54, 1.807) is 20.8 Å². The zero-order valence-corrected chi connectivity index (χ0v) is 9.86. The van der Waals surface area contributed by atoms with Crippen LogP contribution >= 0.6 is 0 Å². The van der Waals surface area contributed by atoms with Gasteiger partial charge in [0.25, 0.3) is 0 Å². The van der Waals surface area contributed by atoms with Crippen molar-refractivity contribution >= 4 is 6.09 Å². The van der Waals surface area contributed by atoms with E-state index in [0.717, 1.165) is 12.8 Å². The minimum Gasteiger partial charge on any atom is -0.444 e. The maximum absolute atomic E-state index is 11.4. The lowest BCUT2D eigenvalue weighted by Gasteiger charge is -2.22. The molecule has 16 heavy (non-hydrogen) atoms. The Morgan fingerprint density at radius 3 is 2.50 bits per heavy atom. The van der Waals surface area contributed by atoms with Crippen molar-refractivity contribution in [3.63, 3.8) is 0 Å². The standard InChI is InChI=1S/C10H18N2O4/c1-10(2,3)16-9(13)11-8(6-12(14)15)7-4-5-7/h7-8H,4-6H2,1-3H3,(H,11,13)/t8-/m0/s1. The number of alkyl carbamates (subject to hydrolysis) is 1. The molecule has 1 aliphatic rings. The number of amides is 1. The van der Waals surface area contributed by atoms with Crippen LogP contribution in [0, 0.1) is 16.0 Å². The molecule has 0 aromatic carbocycles. The minimum absolute atomic E-state index is 0.232. The summed E-state index contributed by atoms with van der Waals surface area (Å²) >= 11 is 0. The summed E-state index contributed by atoms with van der Waals surface area (Å²) in [6.45, 7) is 5.04. The van der Waals surface area contributed by atoms with Gasteiger partial charge < -0.3 is 10.1 Å². The second kappa shape index (κ2) is 4.67. The summed E-state index contributed by atoms with van der Waals surface area (Å²) in [7, 11) is 0. The average molecular weight is 230 g/mol. The van der Waals surface area contributed by atoms with E-state index < -0.39 is 22.7 Å². The molecule has 0 heterocycles. The van der Waals surface area contributed by atoms with E-state index in [0.29, 0.717) is 0 Å². The molecule has 92 valence electrons.